The molecule has 26 heavy (non-hydrogen) atoms. The molecule has 0 amide bonds. The lowest BCUT2D eigenvalue weighted by Gasteiger charge is -2.22. The zero-order valence-electron chi connectivity index (χ0n) is 18.4. The third-order valence-corrected chi connectivity index (χ3v) is 4.03. The van der Waals surface area contributed by atoms with Gasteiger partial charge in [0.05, 0.1) is 6.61 Å². The molecule has 0 aliphatic heterocycles. The lowest BCUT2D eigenvalue weighted by Crippen LogP contribution is -2.11. The van der Waals surface area contributed by atoms with Crippen molar-refractivity contribution in [3.63, 3.8) is 0 Å². The molecule has 0 spiro atoms. The molecule has 0 saturated carbocycles. The molecule has 1 N–H and O–H groups in total. The second-order valence-electron chi connectivity index (χ2n) is 9.09. The van der Waals surface area contributed by atoms with Crippen molar-refractivity contribution >= 4 is 11.9 Å². The molecular formula is C22H44O4. The number of esters is 1. The number of unbranched alkanes of at least 4 members (excludes halogenated alkanes) is 3. The van der Waals surface area contributed by atoms with Crippen LogP contribution in [0.5, 0.6) is 0 Å². The van der Waals surface area contributed by atoms with E-state index in [1.807, 2.05) is 0 Å². The Balaban J connectivity index is 0. The van der Waals surface area contributed by atoms with Crippen LogP contribution in [0, 0.1) is 17.3 Å². The van der Waals surface area contributed by atoms with Crippen molar-refractivity contribution in [1.29, 1.82) is 0 Å². The number of hydrogen-bond donors (Lipinski definition) is 1. The van der Waals surface area contributed by atoms with Crippen LogP contribution in [0.25, 0.3) is 0 Å². The average molecular weight is 373 g/mol. The highest BCUT2D eigenvalue weighted by Gasteiger charge is 2.15. The van der Waals surface area contributed by atoms with Gasteiger partial charge < -0.3 is 9.84 Å². The number of carbonyl (C=O) groups excluding carboxylic acids is 1. The Kier molecular flexibility index (Phi) is 16.9. The summed E-state index contributed by atoms with van der Waals surface area (Å²) in [6, 6.07) is 0. The van der Waals surface area contributed by atoms with Crippen LogP contribution < -0.4 is 0 Å². The summed E-state index contributed by atoms with van der Waals surface area (Å²) in [6.45, 7) is 15.4. The molecule has 156 valence electrons. The molecule has 0 rings (SSSR count). The average Bonchev–Trinajstić information content (AvgIpc) is 2.44. The third kappa shape index (κ3) is 27.8. The molecule has 0 bridgehead atoms. The first kappa shape index (κ1) is 27.2. The van der Waals surface area contributed by atoms with Crippen LogP contribution in [0.2, 0.25) is 0 Å². The van der Waals surface area contributed by atoms with Crippen molar-refractivity contribution in [2.24, 2.45) is 17.3 Å². The zero-order chi connectivity index (χ0) is 20.6. The van der Waals surface area contributed by atoms with Crippen LogP contribution in [0.1, 0.15) is 106 Å². The lowest BCUT2D eigenvalue weighted by molar-refractivity contribution is -0.141. The van der Waals surface area contributed by atoms with E-state index < -0.39 is 5.97 Å². The largest absolute Gasteiger partial charge is 0.481 e. The highest BCUT2D eigenvalue weighted by Crippen LogP contribution is 2.26. The molecule has 0 radical (unpaired) electrons. The van der Waals surface area contributed by atoms with Gasteiger partial charge >= 0.3 is 11.9 Å². The molecule has 0 fully saturated rings. The molecule has 0 aromatic heterocycles. The topological polar surface area (TPSA) is 63.6 Å². The number of carboxylic acids is 1. The molecule has 0 saturated heterocycles. The SMILES string of the molecule is CC(=O)OCCCCCCC(C)C.CC(CCCC(=O)O)CC(C)(C)C. The van der Waals surface area contributed by atoms with E-state index in [0.717, 1.165) is 25.2 Å². The van der Waals surface area contributed by atoms with Crippen molar-refractivity contribution in [3.05, 3.63) is 0 Å². The summed E-state index contributed by atoms with van der Waals surface area (Å²) in [5, 5.41) is 8.46. The van der Waals surface area contributed by atoms with Crippen LogP contribution in [0.15, 0.2) is 0 Å². The number of carboxylic acid groups (broad SMARTS) is 1. The number of rotatable bonds is 12. The van der Waals surface area contributed by atoms with Gasteiger partial charge in [-0.05, 0) is 36.5 Å². The monoisotopic (exact) mass is 372 g/mol. The van der Waals surface area contributed by atoms with Crippen LogP contribution in [0.3, 0.4) is 0 Å². The van der Waals surface area contributed by atoms with Crippen molar-refractivity contribution < 1.29 is 19.4 Å². The molecule has 0 heterocycles. The summed E-state index contributed by atoms with van der Waals surface area (Å²) >= 11 is 0. The number of aliphatic carboxylic acids is 1. The third-order valence-electron chi connectivity index (χ3n) is 4.03. The molecule has 4 nitrogen and oxygen atoms in total. The first-order valence-corrected chi connectivity index (χ1v) is 10.3. The maximum absolute atomic E-state index is 10.4. The Bertz CT molecular complexity index is 356. The fourth-order valence-electron chi connectivity index (χ4n) is 2.97. The molecule has 4 heteroatoms. The van der Waals surface area contributed by atoms with E-state index in [0.29, 0.717) is 24.4 Å². The summed E-state index contributed by atoms with van der Waals surface area (Å²) in [6.07, 6.45) is 9.40. The van der Waals surface area contributed by atoms with Gasteiger partial charge in [-0.15, -0.1) is 0 Å². The van der Waals surface area contributed by atoms with E-state index in [2.05, 4.69) is 41.5 Å². The maximum atomic E-state index is 10.4. The molecule has 0 aromatic carbocycles. The maximum Gasteiger partial charge on any atom is 0.303 e. The second kappa shape index (κ2) is 16.1. The van der Waals surface area contributed by atoms with E-state index in [4.69, 9.17) is 9.84 Å². The highest BCUT2D eigenvalue weighted by atomic mass is 16.5. The normalized spacial score (nSPS) is 12.3. The minimum absolute atomic E-state index is 0.165. The van der Waals surface area contributed by atoms with E-state index in [1.165, 1.54) is 39.0 Å². The molecule has 1 unspecified atom stereocenters. The van der Waals surface area contributed by atoms with Gasteiger partial charge in [0.2, 0.25) is 0 Å². The van der Waals surface area contributed by atoms with Gasteiger partial charge in [-0.1, -0.05) is 73.6 Å². The Labute approximate surface area is 162 Å². The summed E-state index contributed by atoms with van der Waals surface area (Å²) in [5.74, 6) is 0.609. The van der Waals surface area contributed by atoms with Gasteiger partial charge in [0.25, 0.3) is 0 Å². The Hall–Kier alpha value is -1.06. The number of carbonyl (C=O) groups is 2. The van der Waals surface area contributed by atoms with Crippen LogP contribution >= 0.6 is 0 Å². The van der Waals surface area contributed by atoms with E-state index in [-0.39, 0.29) is 5.97 Å². The van der Waals surface area contributed by atoms with Crippen molar-refractivity contribution in [2.75, 3.05) is 6.61 Å². The van der Waals surface area contributed by atoms with Gasteiger partial charge in [-0.3, -0.25) is 9.59 Å². The summed E-state index contributed by atoms with van der Waals surface area (Å²) in [5.41, 5.74) is 0.364. The van der Waals surface area contributed by atoms with Crippen molar-refractivity contribution in [3.8, 4) is 0 Å². The lowest BCUT2D eigenvalue weighted by atomic mass is 9.83. The summed E-state index contributed by atoms with van der Waals surface area (Å²) in [4.78, 5) is 20.7. The molecule has 0 aliphatic rings. The van der Waals surface area contributed by atoms with Crippen LogP contribution in [0.4, 0.5) is 0 Å². The molecular weight excluding hydrogens is 328 g/mol. The van der Waals surface area contributed by atoms with Gasteiger partial charge in [-0.2, -0.15) is 0 Å². The standard InChI is InChI=1S/2C11H22O2/c1-9(8-11(2,3)4)6-5-7-10(12)13;1-10(2)8-6-4-5-7-9-13-11(3)12/h9H,5-8H2,1-4H3,(H,12,13);10H,4-9H2,1-3H3. The smallest absolute Gasteiger partial charge is 0.303 e. The van der Waals surface area contributed by atoms with Crippen molar-refractivity contribution in [2.45, 2.75) is 106 Å². The van der Waals surface area contributed by atoms with E-state index in [9.17, 15) is 9.59 Å². The first-order valence-electron chi connectivity index (χ1n) is 10.3. The van der Waals surface area contributed by atoms with Crippen LogP contribution in [-0.4, -0.2) is 23.7 Å². The summed E-state index contributed by atoms with van der Waals surface area (Å²) in [7, 11) is 0. The highest BCUT2D eigenvalue weighted by molar-refractivity contribution is 5.66. The fourth-order valence-corrected chi connectivity index (χ4v) is 2.97. The predicted molar refractivity (Wildman–Crippen MR) is 109 cm³/mol. The minimum atomic E-state index is -0.678. The summed E-state index contributed by atoms with van der Waals surface area (Å²) < 4.78 is 4.83. The Morgan fingerprint density at radius 1 is 0.923 bits per heavy atom. The minimum Gasteiger partial charge on any atom is -0.481 e. The second-order valence-corrected chi connectivity index (χ2v) is 9.09. The zero-order valence-corrected chi connectivity index (χ0v) is 18.4. The van der Waals surface area contributed by atoms with E-state index >= 15 is 0 Å². The van der Waals surface area contributed by atoms with Gasteiger partial charge in [0.15, 0.2) is 0 Å². The molecule has 1 atom stereocenters. The number of ether oxygens (including phenoxy) is 1. The molecule has 0 aliphatic carbocycles. The van der Waals surface area contributed by atoms with E-state index in [1.54, 1.807) is 0 Å². The first-order chi connectivity index (χ1) is 11.9. The fraction of sp³-hybridized carbons (Fsp3) is 0.909. The van der Waals surface area contributed by atoms with Crippen molar-refractivity contribution in [1.82, 2.24) is 0 Å². The van der Waals surface area contributed by atoms with Gasteiger partial charge in [0, 0.05) is 13.3 Å². The molecule has 0 aromatic rings. The van der Waals surface area contributed by atoms with Crippen LogP contribution in [-0.2, 0) is 14.3 Å². The predicted octanol–water partition coefficient (Wildman–Crippen LogP) is 6.47. The quantitative estimate of drug-likeness (QED) is 0.315. The Morgan fingerprint density at radius 3 is 1.96 bits per heavy atom. The van der Waals surface area contributed by atoms with Gasteiger partial charge in [0.1, 0.15) is 0 Å². The Morgan fingerprint density at radius 2 is 1.50 bits per heavy atom. The van der Waals surface area contributed by atoms with Gasteiger partial charge in [-0.25, -0.2) is 0 Å². The number of hydrogen-bond acceptors (Lipinski definition) is 3.